The molecule has 1 spiro atoms. The molecule has 0 bridgehead atoms. The zero-order valence-corrected chi connectivity index (χ0v) is 7.71. The summed E-state index contributed by atoms with van der Waals surface area (Å²) in [5, 5.41) is 3.34. The highest BCUT2D eigenvalue weighted by molar-refractivity contribution is 5.68. The number of rotatable bonds is 0. The lowest BCUT2D eigenvalue weighted by Gasteiger charge is -2.43. The number of carbonyl (C=O) groups excluding carboxylic acids is 1. The molecule has 1 atom stereocenters. The van der Waals surface area contributed by atoms with Crippen molar-refractivity contribution < 1.29 is 14.3 Å². The normalized spacial score (nSPS) is 34.8. The molecule has 0 aliphatic carbocycles. The van der Waals surface area contributed by atoms with Crippen LogP contribution in [0, 0.1) is 0 Å². The molecular weight excluding hydrogens is 172 g/mol. The topological polar surface area (TPSA) is 50.8 Å². The molecule has 0 aromatic carbocycles. The third-order valence-electron chi connectivity index (χ3n) is 2.45. The summed E-state index contributed by atoms with van der Waals surface area (Å²) in [6, 6.07) is 0. The summed E-state index contributed by atoms with van der Waals surface area (Å²) in [5.74, 6) is 0. The number of cyclic esters (lactones) is 1. The maximum atomic E-state index is 11.1. The maximum Gasteiger partial charge on any atom is 0.409 e. The smallest absolute Gasteiger partial charge is 0.409 e. The van der Waals surface area contributed by atoms with Gasteiger partial charge >= 0.3 is 6.09 Å². The lowest BCUT2D eigenvalue weighted by molar-refractivity contribution is -0.0450. The van der Waals surface area contributed by atoms with E-state index < -0.39 is 0 Å². The first-order valence-corrected chi connectivity index (χ1v) is 4.43. The standard InChI is InChI=1S/C8H14N2O3/c1-10-4-8(6-13-7(10)11)5-12-3-2-9-8/h9H,2-6H2,1H3. The molecule has 2 aliphatic heterocycles. The summed E-state index contributed by atoms with van der Waals surface area (Å²) in [7, 11) is 1.74. The highest BCUT2D eigenvalue weighted by Crippen LogP contribution is 2.17. The van der Waals surface area contributed by atoms with E-state index in [1.807, 2.05) is 0 Å². The minimum Gasteiger partial charge on any atom is -0.447 e. The first kappa shape index (κ1) is 8.77. The summed E-state index contributed by atoms with van der Waals surface area (Å²) in [5.41, 5.74) is -0.180. The molecule has 2 heterocycles. The second-order valence-electron chi connectivity index (χ2n) is 3.67. The Kier molecular flexibility index (Phi) is 2.13. The zero-order valence-electron chi connectivity index (χ0n) is 7.71. The minimum atomic E-state index is -0.252. The van der Waals surface area contributed by atoms with Crippen LogP contribution in [0.2, 0.25) is 0 Å². The Labute approximate surface area is 77.0 Å². The van der Waals surface area contributed by atoms with E-state index in [1.165, 1.54) is 0 Å². The van der Waals surface area contributed by atoms with Crippen LogP contribution in [-0.4, -0.2) is 56.5 Å². The summed E-state index contributed by atoms with van der Waals surface area (Å²) in [6.45, 7) is 3.25. The number of hydrogen-bond acceptors (Lipinski definition) is 4. The Balaban J connectivity index is 2.02. The third kappa shape index (κ3) is 1.62. The number of likely N-dealkylation sites (N-methyl/N-ethyl adjacent to an activating group) is 1. The molecule has 74 valence electrons. The van der Waals surface area contributed by atoms with Crippen molar-refractivity contribution in [2.45, 2.75) is 5.54 Å². The predicted octanol–water partition coefficient (Wildman–Crippen LogP) is -0.573. The van der Waals surface area contributed by atoms with Crippen LogP contribution in [0.1, 0.15) is 0 Å². The van der Waals surface area contributed by atoms with Crippen LogP contribution in [0.25, 0.3) is 0 Å². The number of carbonyl (C=O) groups is 1. The Bertz CT molecular complexity index is 213. The summed E-state index contributed by atoms with van der Waals surface area (Å²) in [6.07, 6.45) is -0.252. The van der Waals surface area contributed by atoms with E-state index in [1.54, 1.807) is 11.9 Å². The number of ether oxygens (including phenoxy) is 2. The highest BCUT2D eigenvalue weighted by atomic mass is 16.6. The summed E-state index contributed by atoms with van der Waals surface area (Å²) in [4.78, 5) is 12.6. The van der Waals surface area contributed by atoms with Crippen molar-refractivity contribution in [2.75, 3.05) is 40.0 Å². The molecule has 2 rings (SSSR count). The molecule has 2 fully saturated rings. The van der Waals surface area contributed by atoms with Crippen LogP contribution in [0.4, 0.5) is 4.79 Å². The molecule has 0 aromatic rings. The van der Waals surface area contributed by atoms with Crippen molar-refractivity contribution in [3.05, 3.63) is 0 Å². The van der Waals surface area contributed by atoms with Gasteiger partial charge in [0.2, 0.25) is 0 Å². The van der Waals surface area contributed by atoms with E-state index in [0.29, 0.717) is 19.8 Å². The third-order valence-corrected chi connectivity index (χ3v) is 2.45. The van der Waals surface area contributed by atoms with Gasteiger partial charge in [-0.3, -0.25) is 0 Å². The zero-order chi connectivity index (χ0) is 9.31. The molecule has 1 unspecified atom stereocenters. The van der Waals surface area contributed by atoms with Gasteiger partial charge in [0.15, 0.2) is 0 Å². The summed E-state index contributed by atoms with van der Waals surface area (Å²) < 4.78 is 10.4. The largest absolute Gasteiger partial charge is 0.447 e. The van der Waals surface area contributed by atoms with Crippen LogP contribution < -0.4 is 5.32 Å². The molecule has 0 saturated carbocycles. The second kappa shape index (κ2) is 3.16. The van der Waals surface area contributed by atoms with E-state index in [2.05, 4.69) is 5.32 Å². The van der Waals surface area contributed by atoms with Gasteiger partial charge in [0.05, 0.1) is 18.8 Å². The van der Waals surface area contributed by atoms with Gasteiger partial charge < -0.3 is 19.7 Å². The maximum absolute atomic E-state index is 11.1. The van der Waals surface area contributed by atoms with Crippen molar-refractivity contribution in [3.8, 4) is 0 Å². The molecule has 13 heavy (non-hydrogen) atoms. The van der Waals surface area contributed by atoms with Crippen molar-refractivity contribution >= 4 is 6.09 Å². The molecule has 2 aliphatic rings. The Morgan fingerprint density at radius 2 is 2.38 bits per heavy atom. The van der Waals surface area contributed by atoms with Crippen LogP contribution in [0.5, 0.6) is 0 Å². The molecule has 0 aromatic heterocycles. The van der Waals surface area contributed by atoms with E-state index in [-0.39, 0.29) is 11.6 Å². The van der Waals surface area contributed by atoms with Crippen LogP contribution >= 0.6 is 0 Å². The quantitative estimate of drug-likeness (QED) is 0.550. The SMILES string of the molecule is CN1CC2(COCCN2)COC1=O. The molecule has 2 saturated heterocycles. The van der Waals surface area contributed by atoms with Crippen molar-refractivity contribution in [1.29, 1.82) is 0 Å². The molecule has 0 radical (unpaired) electrons. The lowest BCUT2D eigenvalue weighted by Crippen LogP contribution is -2.66. The van der Waals surface area contributed by atoms with Gasteiger partial charge in [0.25, 0.3) is 0 Å². The number of amides is 1. The molecule has 1 N–H and O–H groups in total. The molecular formula is C8H14N2O3. The van der Waals surface area contributed by atoms with Gasteiger partial charge in [-0.2, -0.15) is 0 Å². The van der Waals surface area contributed by atoms with Gasteiger partial charge in [-0.05, 0) is 0 Å². The number of morpholine rings is 1. The average molecular weight is 186 g/mol. The van der Waals surface area contributed by atoms with E-state index in [0.717, 1.165) is 13.2 Å². The van der Waals surface area contributed by atoms with E-state index >= 15 is 0 Å². The van der Waals surface area contributed by atoms with Gasteiger partial charge in [0.1, 0.15) is 6.61 Å². The van der Waals surface area contributed by atoms with Crippen molar-refractivity contribution in [1.82, 2.24) is 10.2 Å². The van der Waals surface area contributed by atoms with Crippen molar-refractivity contribution in [3.63, 3.8) is 0 Å². The second-order valence-corrected chi connectivity index (χ2v) is 3.67. The fourth-order valence-corrected chi connectivity index (χ4v) is 1.78. The fraction of sp³-hybridized carbons (Fsp3) is 0.875. The van der Waals surface area contributed by atoms with E-state index in [9.17, 15) is 4.79 Å². The van der Waals surface area contributed by atoms with Gasteiger partial charge in [-0.15, -0.1) is 0 Å². The monoisotopic (exact) mass is 186 g/mol. The van der Waals surface area contributed by atoms with Gasteiger partial charge in [-0.25, -0.2) is 4.79 Å². The average Bonchev–Trinajstić information content (AvgIpc) is 2.14. The summed E-state index contributed by atoms with van der Waals surface area (Å²) >= 11 is 0. The fourth-order valence-electron chi connectivity index (χ4n) is 1.78. The molecule has 1 amide bonds. The predicted molar refractivity (Wildman–Crippen MR) is 45.5 cm³/mol. The Morgan fingerprint density at radius 1 is 1.54 bits per heavy atom. The minimum absolute atomic E-state index is 0.180. The molecule has 5 heteroatoms. The van der Waals surface area contributed by atoms with Crippen LogP contribution in [-0.2, 0) is 9.47 Å². The molecule has 5 nitrogen and oxygen atoms in total. The van der Waals surface area contributed by atoms with Crippen LogP contribution in [0.15, 0.2) is 0 Å². The number of hydrogen-bond donors (Lipinski definition) is 1. The lowest BCUT2D eigenvalue weighted by atomic mass is 9.99. The van der Waals surface area contributed by atoms with Gasteiger partial charge in [0, 0.05) is 20.1 Å². The first-order valence-electron chi connectivity index (χ1n) is 4.43. The van der Waals surface area contributed by atoms with Crippen LogP contribution in [0.3, 0.4) is 0 Å². The number of nitrogens with one attached hydrogen (secondary N) is 1. The highest BCUT2D eigenvalue weighted by Gasteiger charge is 2.40. The Morgan fingerprint density at radius 3 is 3.00 bits per heavy atom. The first-order chi connectivity index (χ1) is 6.22. The van der Waals surface area contributed by atoms with Gasteiger partial charge in [-0.1, -0.05) is 0 Å². The van der Waals surface area contributed by atoms with Crippen molar-refractivity contribution in [2.24, 2.45) is 0 Å². The van der Waals surface area contributed by atoms with E-state index in [4.69, 9.17) is 9.47 Å². The number of nitrogens with zero attached hydrogens (tertiary/aromatic N) is 1. The Hall–Kier alpha value is -0.810.